The Hall–Kier alpha value is -4.59. The SMILES string of the molecule is NC(=O)c1cccc(-n2c(=O)n(Cc3ccc4ccccc4n3)c(=O)c3cccnc32)c1. The second-order valence-corrected chi connectivity index (χ2v) is 7.29. The third-order valence-corrected chi connectivity index (χ3v) is 5.26. The zero-order valence-corrected chi connectivity index (χ0v) is 16.8. The van der Waals surface area contributed by atoms with Crippen LogP contribution in [0.3, 0.4) is 0 Å². The summed E-state index contributed by atoms with van der Waals surface area (Å²) in [5.41, 5.74) is 6.53. The number of amides is 1. The summed E-state index contributed by atoms with van der Waals surface area (Å²) in [7, 11) is 0. The number of aromatic nitrogens is 4. The lowest BCUT2D eigenvalue weighted by Gasteiger charge is -2.14. The summed E-state index contributed by atoms with van der Waals surface area (Å²) < 4.78 is 2.43. The maximum absolute atomic E-state index is 13.5. The van der Waals surface area contributed by atoms with Crippen LogP contribution in [0.4, 0.5) is 0 Å². The van der Waals surface area contributed by atoms with E-state index in [1.165, 1.54) is 16.8 Å². The van der Waals surface area contributed by atoms with Gasteiger partial charge < -0.3 is 5.73 Å². The molecule has 0 atom stereocenters. The fourth-order valence-corrected chi connectivity index (χ4v) is 3.71. The first-order chi connectivity index (χ1) is 15.5. The summed E-state index contributed by atoms with van der Waals surface area (Å²) in [4.78, 5) is 47.2. The van der Waals surface area contributed by atoms with E-state index >= 15 is 0 Å². The second-order valence-electron chi connectivity index (χ2n) is 7.29. The molecule has 0 bridgehead atoms. The van der Waals surface area contributed by atoms with Crippen LogP contribution in [0.25, 0.3) is 27.6 Å². The molecule has 2 aromatic carbocycles. The van der Waals surface area contributed by atoms with Crippen molar-refractivity contribution >= 4 is 27.8 Å². The molecule has 0 fully saturated rings. The first-order valence-corrected chi connectivity index (χ1v) is 9.88. The molecule has 5 aromatic rings. The molecular formula is C24H17N5O3. The minimum atomic E-state index is -0.620. The maximum Gasteiger partial charge on any atom is 0.337 e. The van der Waals surface area contributed by atoms with Gasteiger partial charge in [-0.25, -0.2) is 14.3 Å². The Balaban J connectivity index is 1.75. The molecule has 156 valence electrons. The van der Waals surface area contributed by atoms with Gasteiger partial charge in [0.25, 0.3) is 5.56 Å². The van der Waals surface area contributed by atoms with E-state index in [0.717, 1.165) is 15.5 Å². The number of nitrogens with two attached hydrogens (primary N) is 1. The van der Waals surface area contributed by atoms with Crippen LogP contribution in [0, 0.1) is 0 Å². The Morgan fingerprint density at radius 2 is 1.78 bits per heavy atom. The maximum atomic E-state index is 13.5. The van der Waals surface area contributed by atoms with Gasteiger partial charge >= 0.3 is 5.69 Å². The Morgan fingerprint density at radius 3 is 2.62 bits per heavy atom. The molecule has 8 nitrogen and oxygen atoms in total. The highest BCUT2D eigenvalue weighted by Crippen LogP contribution is 2.15. The molecule has 3 heterocycles. The highest BCUT2D eigenvalue weighted by atomic mass is 16.2. The van der Waals surface area contributed by atoms with E-state index in [1.807, 2.05) is 30.3 Å². The standard InChI is InChI=1S/C24H17N5O3/c25-21(30)16-6-3-7-18(13-16)29-22-19(8-4-12-26-22)23(31)28(24(29)32)14-17-11-10-15-5-1-2-9-20(15)27-17/h1-13H,14H2,(H2,25,30). The molecule has 0 unspecified atom stereocenters. The minimum Gasteiger partial charge on any atom is -0.366 e. The molecule has 3 aromatic heterocycles. The van der Waals surface area contributed by atoms with E-state index in [0.29, 0.717) is 11.4 Å². The molecule has 32 heavy (non-hydrogen) atoms. The van der Waals surface area contributed by atoms with Crippen molar-refractivity contribution in [3.05, 3.63) is 111 Å². The largest absolute Gasteiger partial charge is 0.366 e. The third kappa shape index (κ3) is 3.24. The van der Waals surface area contributed by atoms with Gasteiger partial charge in [0, 0.05) is 17.1 Å². The van der Waals surface area contributed by atoms with Crippen LogP contribution in [-0.2, 0) is 6.54 Å². The minimum absolute atomic E-state index is 0.0111. The molecule has 0 saturated carbocycles. The highest BCUT2D eigenvalue weighted by molar-refractivity contribution is 5.93. The monoisotopic (exact) mass is 423 g/mol. The lowest BCUT2D eigenvalue weighted by atomic mass is 10.2. The number of para-hydroxylation sites is 1. The van der Waals surface area contributed by atoms with Crippen molar-refractivity contribution in [1.29, 1.82) is 0 Å². The van der Waals surface area contributed by atoms with Gasteiger partial charge in [-0.3, -0.25) is 19.1 Å². The number of rotatable bonds is 4. The Bertz CT molecular complexity index is 1640. The Morgan fingerprint density at radius 1 is 0.938 bits per heavy atom. The molecular weight excluding hydrogens is 406 g/mol. The molecule has 0 aliphatic rings. The molecule has 0 aliphatic heterocycles. The van der Waals surface area contributed by atoms with Crippen molar-refractivity contribution in [1.82, 2.24) is 19.1 Å². The molecule has 0 radical (unpaired) electrons. The average Bonchev–Trinajstić information content (AvgIpc) is 2.82. The van der Waals surface area contributed by atoms with Crippen molar-refractivity contribution in [3.8, 4) is 5.69 Å². The summed E-state index contributed by atoms with van der Waals surface area (Å²) in [5, 5.41) is 1.24. The number of pyridine rings is 2. The molecule has 5 rings (SSSR count). The van der Waals surface area contributed by atoms with Crippen LogP contribution in [0.1, 0.15) is 16.1 Å². The first-order valence-electron chi connectivity index (χ1n) is 9.88. The second kappa shape index (κ2) is 7.59. The van der Waals surface area contributed by atoms with Gasteiger partial charge in [-0.05, 0) is 42.5 Å². The van der Waals surface area contributed by atoms with Crippen molar-refractivity contribution in [2.24, 2.45) is 5.73 Å². The quantitative estimate of drug-likeness (QED) is 0.476. The van der Waals surface area contributed by atoms with E-state index in [-0.39, 0.29) is 23.1 Å². The van der Waals surface area contributed by atoms with Crippen LogP contribution in [-0.4, -0.2) is 25.0 Å². The van der Waals surface area contributed by atoms with Crippen LogP contribution in [0.5, 0.6) is 0 Å². The summed E-state index contributed by atoms with van der Waals surface area (Å²) in [6, 6.07) is 20.9. The number of hydrogen-bond acceptors (Lipinski definition) is 5. The molecule has 2 N–H and O–H groups in total. The number of carbonyl (C=O) groups excluding carboxylic acids is 1. The van der Waals surface area contributed by atoms with Crippen LogP contribution in [0.15, 0.2) is 88.6 Å². The normalized spacial score (nSPS) is 11.1. The summed E-state index contributed by atoms with van der Waals surface area (Å²) in [5.74, 6) is -0.620. The molecule has 0 saturated heterocycles. The molecule has 0 spiro atoms. The Kier molecular flexibility index (Phi) is 4.59. The fourth-order valence-electron chi connectivity index (χ4n) is 3.71. The lowest BCUT2D eigenvalue weighted by Crippen LogP contribution is -2.40. The van der Waals surface area contributed by atoms with Gasteiger partial charge in [-0.15, -0.1) is 0 Å². The number of hydrogen-bond donors (Lipinski definition) is 1. The average molecular weight is 423 g/mol. The third-order valence-electron chi connectivity index (χ3n) is 5.26. The zero-order valence-electron chi connectivity index (χ0n) is 16.8. The number of fused-ring (bicyclic) bond motifs is 2. The lowest BCUT2D eigenvalue weighted by molar-refractivity contribution is 0.1000. The molecule has 8 heteroatoms. The number of carbonyl (C=O) groups is 1. The van der Waals surface area contributed by atoms with Gasteiger partial charge in [0.15, 0.2) is 5.65 Å². The van der Waals surface area contributed by atoms with Crippen molar-refractivity contribution in [3.63, 3.8) is 0 Å². The number of nitrogens with zero attached hydrogens (tertiary/aromatic N) is 4. The van der Waals surface area contributed by atoms with E-state index in [1.54, 1.807) is 36.4 Å². The van der Waals surface area contributed by atoms with E-state index in [9.17, 15) is 14.4 Å². The highest BCUT2D eigenvalue weighted by Gasteiger charge is 2.17. The topological polar surface area (TPSA) is 113 Å². The van der Waals surface area contributed by atoms with Crippen LogP contribution >= 0.6 is 0 Å². The fraction of sp³-hybridized carbons (Fsp3) is 0.0417. The van der Waals surface area contributed by atoms with Gasteiger partial charge in [0.1, 0.15) is 0 Å². The van der Waals surface area contributed by atoms with E-state index < -0.39 is 17.2 Å². The number of benzene rings is 2. The van der Waals surface area contributed by atoms with Crippen molar-refractivity contribution < 1.29 is 4.79 Å². The molecule has 0 aliphatic carbocycles. The van der Waals surface area contributed by atoms with Gasteiger partial charge in [0.05, 0.1) is 28.8 Å². The van der Waals surface area contributed by atoms with Crippen LogP contribution < -0.4 is 17.0 Å². The Labute approximate surface area is 181 Å². The van der Waals surface area contributed by atoms with Crippen molar-refractivity contribution in [2.45, 2.75) is 6.54 Å². The summed E-state index contributed by atoms with van der Waals surface area (Å²) >= 11 is 0. The first kappa shape index (κ1) is 19.4. The van der Waals surface area contributed by atoms with E-state index in [4.69, 9.17) is 5.73 Å². The summed E-state index contributed by atoms with van der Waals surface area (Å²) in [6.07, 6.45) is 1.50. The molecule has 1 amide bonds. The van der Waals surface area contributed by atoms with Gasteiger partial charge in [-0.2, -0.15) is 0 Å². The predicted molar refractivity (Wildman–Crippen MR) is 121 cm³/mol. The zero-order chi connectivity index (χ0) is 22.2. The number of primary amides is 1. The van der Waals surface area contributed by atoms with Crippen molar-refractivity contribution in [2.75, 3.05) is 0 Å². The van der Waals surface area contributed by atoms with Gasteiger partial charge in [-0.1, -0.05) is 30.3 Å². The van der Waals surface area contributed by atoms with Gasteiger partial charge in [0.2, 0.25) is 5.91 Å². The van der Waals surface area contributed by atoms with E-state index in [2.05, 4.69) is 9.97 Å². The smallest absolute Gasteiger partial charge is 0.337 e. The predicted octanol–water partition coefficient (Wildman–Crippen LogP) is 2.24. The van der Waals surface area contributed by atoms with Crippen LogP contribution in [0.2, 0.25) is 0 Å². The summed E-state index contributed by atoms with van der Waals surface area (Å²) in [6.45, 7) is -0.0111.